The second-order valence-electron chi connectivity index (χ2n) is 4.31. The molecule has 98 valence electrons. The molecule has 18 heavy (non-hydrogen) atoms. The summed E-state index contributed by atoms with van der Waals surface area (Å²) in [5.41, 5.74) is 1.67. The van der Waals surface area contributed by atoms with Gasteiger partial charge in [-0.15, -0.1) is 0 Å². The number of fused-ring (bicyclic) bond motifs is 1. The molecule has 0 aliphatic carbocycles. The number of halogens is 3. The number of nitrogens with zero attached hydrogens (tertiary/aromatic N) is 1. The normalized spacial score (nSPS) is 14.0. The summed E-state index contributed by atoms with van der Waals surface area (Å²) in [4.78, 5) is 7.11. The zero-order valence-corrected chi connectivity index (χ0v) is 9.88. The third kappa shape index (κ3) is 3.22. The maximum Gasteiger partial charge on any atom is 0.390 e. The van der Waals surface area contributed by atoms with E-state index in [2.05, 4.69) is 15.3 Å². The van der Waals surface area contributed by atoms with Crippen molar-refractivity contribution in [3.05, 3.63) is 30.1 Å². The van der Waals surface area contributed by atoms with E-state index in [4.69, 9.17) is 0 Å². The van der Waals surface area contributed by atoms with Gasteiger partial charge in [0, 0.05) is 30.4 Å². The van der Waals surface area contributed by atoms with Gasteiger partial charge in [-0.25, -0.2) is 4.98 Å². The predicted octanol–water partition coefficient (Wildman–Crippen LogP) is 2.99. The van der Waals surface area contributed by atoms with Crippen LogP contribution < -0.4 is 5.32 Å². The second-order valence-corrected chi connectivity index (χ2v) is 4.31. The molecule has 0 aliphatic rings. The van der Waals surface area contributed by atoms with Crippen LogP contribution in [0.3, 0.4) is 0 Å². The topological polar surface area (TPSA) is 40.7 Å². The van der Waals surface area contributed by atoms with Gasteiger partial charge in [-0.05, 0) is 24.6 Å². The van der Waals surface area contributed by atoms with Crippen molar-refractivity contribution >= 4 is 11.0 Å². The van der Waals surface area contributed by atoms with Crippen molar-refractivity contribution in [2.45, 2.75) is 32.1 Å². The molecule has 0 aromatic carbocycles. The average Bonchev–Trinajstić information content (AvgIpc) is 2.67. The van der Waals surface area contributed by atoms with Gasteiger partial charge in [0.1, 0.15) is 5.65 Å². The summed E-state index contributed by atoms with van der Waals surface area (Å²) in [5.74, 6) is 0. The van der Waals surface area contributed by atoms with E-state index >= 15 is 0 Å². The van der Waals surface area contributed by atoms with Crippen molar-refractivity contribution < 1.29 is 13.2 Å². The number of hydrogen-bond donors (Lipinski definition) is 2. The Bertz CT molecular complexity index is 519. The minimum atomic E-state index is -4.13. The summed E-state index contributed by atoms with van der Waals surface area (Å²) in [7, 11) is 0. The fourth-order valence-electron chi connectivity index (χ4n) is 1.86. The van der Waals surface area contributed by atoms with Crippen LogP contribution in [-0.2, 0) is 6.54 Å². The van der Waals surface area contributed by atoms with Gasteiger partial charge in [-0.1, -0.05) is 0 Å². The van der Waals surface area contributed by atoms with Gasteiger partial charge in [-0.3, -0.25) is 0 Å². The first-order chi connectivity index (χ1) is 8.46. The summed E-state index contributed by atoms with van der Waals surface area (Å²) in [6.07, 6.45) is -1.52. The predicted molar refractivity (Wildman–Crippen MR) is 63.1 cm³/mol. The fraction of sp³-hybridized carbons (Fsp3) is 0.417. The van der Waals surface area contributed by atoms with Gasteiger partial charge in [-0.2, -0.15) is 13.2 Å². The summed E-state index contributed by atoms with van der Waals surface area (Å²) in [6, 6.07) is 3.09. The molecule has 1 unspecified atom stereocenters. The van der Waals surface area contributed by atoms with Gasteiger partial charge in [0.15, 0.2) is 0 Å². The first-order valence-electron chi connectivity index (χ1n) is 5.67. The lowest BCUT2D eigenvalue weighted by atomic mass is 10.2. The Kier molecular flexibility index (Phi) is 3.56. The molecule has 2 rings (SSSR count). The Hall–Kier alpha value is -1.56. The number of nitrogens with one attached hydrogen (secondary N) is 2. The number of aromatic nitrogens is 2. The Morgan fingerprint density at radius 1 is 1.44 bits per heavy atom. The van der Waals surface area contributed by atoms with Gasteiger partial charge < -0.3 is 10.3 Å². The molecular formula is C12H14F3N3. The maximum atomic E-state index is 12.2. The van der Waals surface area contributed by atoms with Crippen molar-refractivity contribution in [1.82, 2.24) is 15.3 Å². The lowest BCUT2D eigenvalue weighted by Gasteiger charge is -2.15. The van der Waals surface area contributed by atoms with Gasteiger partial charge >= 0.3 is 6.18 Å². The Morgan fingerprint density at radius 2 is 2.22 bits per heavy atom. The molecule has 0 spiro atoms. The van der Waals surface area contributed by atoms with E-state index in [0.29, 0.717) is 6.54 Å². The van der Waals surface area contributed by atoms with Crippen LogP contribution in [0, 0.1) is 0 Å². The summed E-state index contributed by atoms with van der Waals surface area (Å²) in [5, 5.41) is 3.80. The van der Waals surface area contributed by atoms with Crippen LogP contribution in [0.2, 0.25) is 0 Å². The molecule has 2 heterocycles. The van der Waals surface area contributed by atoms with Gasteiger partial charge in [0.2, 0.25) is 0 Å². The number of H-pyrrole nitrogens is 1. The van der Waals surface area contributed by atoms with Gasteiger partial charge in [0.05, 0.1) is 6.42 Å². The van der Waals surface area contributed by atoms with Crippen LogP contribution in [0.15, 0.2) is 24.5 Å². The SMILES string of the molecule is CC(CC(F)(F)F)NCc1c[nH]c2ncccc12. The van der Waals surface area contributed by atoms with E-state index in [0.717, 1.165) is 16.6 Å². The van der Waals surface area contributed by atoms with Crippen molar-refractivity contribution in [3.8, 4) is 0 Å². The molecule has 0 aliphatic heterocycles. The average molecular weight is 257 g/mol. The zero-order chi connectivity index (χ0) is 13.2. The first kappa shape index (κ1) is 12.9. The summed E-state index contributed by atoms with van der Waals surface area (Å²) >= 11 is 0. The third-order valence-corrected chi connectivity index (χ3v) is 2.72. The first-order valence-corrected chi connectivity index (χ1v) is 5.67. The van der Waals surface area contributed by atoms with E-state index in [1.807, 2.05) is 6.07 Å². The van der Waals surface area contributed by atoms with E-state index < -0.39 is 18.6 Å². The number of hydrogen-bond acceptors (Lipinski definition) is 2. The number of aromatic amines is 1. The highest BCUT2D eigenvalue weighted by atomic mass is 19.4. The Morgan fingerprint density at radius 3 is 2.94 bits per heavy atom. The highest BCUT2D eigenvalue weighted by Gasteiger charge is 2.29. The van der Waals surface area contributed by atoms with Crippen LogP contribution in [0.5, 0.6) is 0 Å². The smallest absolute Gasteiger partial charge is 0.346 e. The zero-order valence-electron chi connectivity index (χ0n) is 9.88. The van der Waals surface area contributed by atoms with Gasteiger partial charge in [0.25, 0.3) is 0 Å². The van der Waals surface area contributed by atoms with Crippen LogP contribution in [-0.4, -0.2) is 22.2 Å². The molecule has 0 amide bonds. The Labute approximate surface area is 102 Å². The largest absolute Gasteiger partial charge is 0.390 e. The molecule has 6 heteroatoms. The number of alkyl halides is 3. The highest BCUT2D eigenvalue weighted by molar-refractivity contribution is 5.79. The van der Waals surface area contributed by atoms with E-state index in [1.54, 1.807) is 18.5 Å². The molecule has 0 bridgehead atoms. The number of pyridine rings is 1. The van der Waals surface area contributed by atoms with Crippen molar-refractivity contribution in [3.63, 3.8) is 0 Å². The highest BCUT2D eigenvalue weighted by Crippen LogP contribution is 2.22. The lowest BCUT2D eigenvalue weighted by Crippen LogP contribution is -2.30. The monoisotopic (exact) mass is 257 g/mol. The van der Waals surface area contributed by atoms with Crippen molar-refractivity contribution in [2.24, 2.45) is 0 Å². The van der Waals surface area contributed by atoms with E-state index in [-0.39, 0.29) is 0 Å². The molecule has 1 atom stereocenters. The molecule has 0 saturated heterocycles. The molecule has 3 nitrogen and oxygen atoms in total. The molecule has 2 aromatic rings. The van der Waals surface area contributed by atoms with E-state index in [1.165, 1.54) is 6.92 Å². The molecular weight excluding hydrogens is 243 g/mol. The maximum absolute atomic E-state index is 12.2. The lowest BCUT2D eigenvalue weighted by molar-refractivity contribution is -0.139. The second kappa shape index (κ2) is 4.97. The van der Waals surface area contributed by atoms with Crippen molar-refractivity contribution in [1.29, 1.82) is 0 Å². The summed E-state index contributed by atoms with van der Waals surface area (Å²) < 4.78 is 36.5. The minimum absolute atomic E-state index is 0.392. The quantitative estimate of drug-likeness (QED) is 0.884. The van der Waals surface area contributed by atoms with Crippen LogP contribution in [0.4, 0.5) is 13.2 Å². The molecule has 2 N–H and O–H groups in total. The summed E-state index contributed by atoms with van der Waals surface area (Å²) in [6.45, 7) is 1.92. The molecule has 0 radical (unpaired) electrons. The molecule has 2 aromatic heterocycles. The standard InChI is InChI=1S/C12H14F3N3/c1-8(5-12(13,14)15)17-6-9-7-18-11-10(9)3-2-4-16-11/h2-4,7-8,17H,5-6H2,1H3,(H,16,18). The van der Waals surface area contributed by atoms with Crippen LogP contribution in [0.25, 0.3) is 11.0 Å². The van der Waals surface area contributed by atoms with Crippen LogP contribution >= 0.6 is 0 Å². The Balaban J connectivity index is 1.98. The molecule has 0 saturated carbocycles. The third-order valence-electron chi connectivity index (χ3n) is 2.72. The number of rotatable bonds is 4. The van der Waals surface area contributed by atoms with Crippen molar-refractivity contribution in [2.75, 3.05) is 0 Å². The van der Waals surface area contributed by atoms with E-state index in [9.17, 15) is 13.2 Å². The fourth-order valence-corrected chi connectivity index (χ4v) is 1.86. The molecule has 0 fully saturated rings. The minimum Gasteiger partial charge on any atom is -0.346 e. The van der Waals surface area contributed by atoms with Crippen LogP contribution in [0.1, 0.15) is 18.9 Å².